The first-order valence-electron chi connectivity index (χ1n) is 14.2. The number of carbonyl (C=O) groups excluding carboxylic acids is 3. The summed E-state index contributed by atoms with van der Waals surface area (Å²) in [6.07, 6.45) is 0.166. The first kappa shape index (κ1) is 28.2. The summed E-state index contributed by atoms with van der Waals surface area (Å²) in [6, 6.07) is 28.5. The number of phenols is 1. The van der Waals surface area contributed by atoms with E-state index in [9.17, 15) is 19.5 Å². The second kappa shape index (κ2) is 11.4. The molecule has 6 rings (SSSR count). The molecule has 10 nitrogen and oxygen atoms in total. The number of piperazine rings is 1. The lowest BCUT2D eigenvalue weighted by molar-refractivity contribution is -0.217. The van der Waals surface area contributed by atoms with Crippen LogP contribution in [-0.4, -0.2) is 74.7 Å². The molecule has 2 heterocycles. The molecule has 2 aliphatic rings. The Labute approximate surface area is 249 Å². The van der Waals surface area contributed by atoms with Crippen LogP contribution in [0.3, 0.4) is 0 Å². The fraction of sp³-hybridized carbons (Fsp3) is 0.242. The molecular weight excluding hydrogens is 544 g/mol. The van der Waals surface area contributed by atoms with Crippen LogP contribution in [0.2, 0.25) is 0 Å². The minimum atomic E-state index is -1.66. The molecule has 4 aromatic rings. The largest absolute Gasteiger partial charge is 0.508 e. The van der Waals surface area contributed by atoms with Crippen LogP contribution in [-0.2, 0) is 29.1 Å². The minimum absolute atomic E-state index is 0.0873. The summed E-state index contributed by atoms with van der Waals surface area (Å²) in [4.78, 5) is 44.7. The Bertz CT molecular complexity index is 1660. The number of hydrazine groups is 1. The minimum Gasteiger partial charge on any atom is -0.508 e. The topological polar surface area (TPSA) is 122 Å². The number of phenolic OH excluding ortho intramolecular Hbond substituents is 1. The maximum atomic E-state index is 14.2. The number of nitrogens with zero attached hydrogens (tertiary/aromatic N) is 4. The summed E-state index contributed by atoms with van der Waals surface area (Å²) >= 11 is 0. The van der Waals surface area contributed by atoms with Crippen molar-refractivity contribution < 1.29 is 19.5 Å². The zero-order chi connectivity index (χ0) is 30.1. The van der Waals surface area contributed by atoms with E-state index in [2.05, 4.69) is 5.32 Å². The van der Waals surface area contributed by atoms with Gasteiger partial charge in [0.25, 0.3) is 0 Å². The molecule has 0 bridgehead atoms. The van der Waals surface area contributed by atoms with Gasteiger partial charge in [0.05, 0.1) is 13.1 Å². The van der Waals surface area contributed by atoms with Crippen molar-refractivity contribution in [3.63, 3.8) is 0 Å². The van der Waals surface area contributed by atoms with Crippen molar-refractivity contribution in [2.45, 2.75) is 31.3 Å². The molecule has 0 spiro atoms. The third kappa shape index (κ3) is 5.38. The maximum absolute atomic E-state index is 14.2. The Morgan fingerprint density at radius 1 is 0.930 bits per heavy atom. The third-order valence-corrected chi connectivity index (χ3v) is 8.18. The lowest BCUT2D eigenvalue weighted by Gasteiger charge is -2.60. The fourth-order valence-electron chi connectivity index (χ4n) is 6.21. The number of rotatable bonds is 6. The number of urea groups is 1. The number of likely N-dealkylation sites (N-methyl/N-ethyl adjacent to an activating group) is 1. The van der Waals surface area contributed by atoms with Crippen LogP contribution in [0.5, 0.6) is 5.75 Å². The van der Waals surface area contributed by atoms with E-state index in [-0.39, 0.29) is 50.2 Å². The van der Waals surface area contributed by atoms with Gasteiger partial charge in [-0.25, -0.2) is 14.8 Å². The zero-order valence-electron chi connectivity index (χ0n) is 23.9. The second-order valence-electron chi connectivity index (χ2n) is 11.1. The predicted molar refractivity (Wildman–Crippen MR) is 162 cm³/mol. The Morgan fingerprint density at radius 3 is 2.40 bits per heavy atom. The van der Waals surface area contributed by atoms with Crippen molar-refractivity contribution in [1.29, 1.82) is 0 Å². The number of carbonyl (C=O) groups is 3. The van der Waals surface area contributed by atoms with E-state index in [1.165, 1.54) is 14.9 Å². The van der Waals surface area contributed by atoms with E-state index in [4.69, 9.17) is 5.73 Å². The fourth-order valence-corrected chi connectivity index (χ4v) is 6.21. The monoisotopic (exact) mass is 578 g/mol. The van der Waals surface area contributed by atoms with Crippen LogP contribution in [0.15, 0.2) is 97.1 Å². The number of amides is 4. The van der Waals surface area contributed by atoms with E-state index in [1.807, 2.05) is 72.8 Å². The molecular formula is C33H34N6O4. The molecule has 220 valence electrons. The Balaban J connectivity index is 1.38. The van der Waals surface area contributed by atoms with Gasteiger partial charge in [0.2, 0.25) is 17.6 Å². The molecule has 0 aromatic heterocycles. The van der Waals surface area contributed by atoms with Gasteiger partial charge in [0, 0.05) is 26.6 Å². The quantitative estimate of drug-likeness (QED) is 0.323. The van der Waals surface area contributed by atoms with Crippen molar-refractivity contribution in [3.05, 3.63) is 114 Å². The van der Waals surface area contributed by atoms with Gasteiger partial charge in [0.15, 0.2) is 0 Å². The average Bonchev–Trinajstić information content (AvgIpc) is 3.00. The molecule has 2 aliphatic heterocycles. The molecule has 2 atom stereocenters. The number of nitrogens with two attached hydrogens (primary N) is 1. The van der Waals surface area contributed by atoms with E-state index in [0.29, 0.717) is 0 Å². The van der Waals surface area contributed by atoms with Gasteiger partial charge in [-0.2, -0.15) is 0 Å². The second-order valence-corrected chi connectivity index (χ2v) is 11.1. The summed E-state index contributed by atoms with van der Waals surface area (Å²) in [5.74, 6) is -2.17. The standard InChI is InChI=1S/C33H34N6O4/c1-36-21-30(41)38-29(18-23-14-16-27(40)17-15-23)31(42)37(20-26-12-7-11-25-10-5-6-13-28(25)26)22-33(38,34)39(36)32(43)35-19-24-8-3-2-4-9-24/h2-17,29,40H,18-22,34H2,1H3,(H,35,43)/t29-,33+/m0/s1. The number of benzene rings is 4. The lowest BCUT2D eigenvalue weighted by Crippen LogP contribution is -2.86. The summed E-state index contributed by atoms with van der Waals surface area (Å²) in [7, 11) is 1.65. The Morgan fingerprint density at radius 2 is 1.63 bits per heavy atom. The predicted octanol–water partition coefficient (Wildman–Crippen LogP) is 3.01. The summed E-state index contributed by atoms with van der Waals surface area (Å²) in [5, 5.41) is 17.7. The highest BCUT2D eigenvalue weighted by molar-refractivity contribution is 5.93. The van der Waals surface area contributed by atoms with E-state index in [1.54, 1.807) is 36.2 Å². The molecule has 0 saturated carbocycles. The smallest absolute Gasteiger partial charge is 0.335 e. The maximum Gasteiger partial charge on any atom is 0.335 e. The molecule has 0 unspecified atom stereocenters. The molecule has 4 aromatic carbocycles. The van der Waals surface area contributed by atoms with Crippen LogP contribution >= 0.6 is 0 Å². The Hall–Kier alpha value is -4.93. The van der Waals surface area contributed by atoms with Crippen LogP contribution in [0.25, 0.3) is 10.8 Å². The molecule has 2 saturated heterocycles. The molecule has 4 N–H and O–H groups in total. The summed E-state index contributed by atoms with van der Waals surface area (Å²) in [5.41, 5.74) is 9.73. The summed E-state index contributed by atoms with van der Waals surface area (Å²) < 4.78 is 0. The molecule has 43 heavy (non-hydrogen) atoms. The average molecular weight is 579 g/mol. The Kier molecular flexibility index (Phi) is 7.47. The number of hydrogen-bond acceptors (Lipinski definition) is 6. The van der Waals surface area contributed by atoms with Crippen LogP contribution in [0.1, 0.15) is 16.7 Å². The van der Waals surface area contributed by atoms with Crippen LogP contribution in [0.4, 0.5) is 4.79 Å². The third-order valence-electron chi connectivity index (χ3n) is 8.18. The molecule has 10 heteroatoms. The van der Waals surface area contributed by atoms with Gasteiger partial charge in [0.1, 0.15) is 11.8 Å². The number of hydrogen-bond donors (Lipinski definition) is 3. The van der Waals surface area contributed by atoms with Crippen LogP contribution in [0, 0.1) is 0 Å². The first-order valence-corrected chi connectivity index (χ1v) is 14.2. The van der Waals surface area contributed by atoms with Crippen LogP contribution < -0.4 is 11.1 Å². The number of aromatic hydroxyl groups is 1. The highest BCUT2D eigenvalue weighted by Gasteiger charge is 2.58. The first-order chi connectivity index (χ1) is 20.7. The normalized spacial score (nSPS) is 20.8. The molecule has 2 fully saturated rings. The van der Waals surface area contributed by atoms with Crippen molar-refractivity contribution in [1.82, 2.24) is 25.1 Å². The molecule has 4 amide bonds. The van der Waals surface area contributed by atoms with Crippen molar-refractivity contribution in [2.24, 2.45) is 5.73 Å². The van der Waals surface area contributed by atoms with Crippen molar-refractivity contribution in [3.8, 4) is 5.75 Å². The van der Waals surface area contributed by atoms with E-state index >= 15 is 0 Å². The number of fused-ring (bicyclic) bond motifs is 2. The highest BCUT2D eigenvalue weighted by atomic mass is 16.3. The number of nitrogens with one attached hydrogen (secondary N) is 1. The SMILES string of the molecule is CN1CC(=O)N2[C@@H](Cc3ccc(O)cc3)C(=O)N(Cc3cccc4ccccc34)C[C@]2(N)N1C(=O)NCc1ccccc1. The lowest BCUT2D eigenvalue weighted by atomic mass is 9.95. The molecule has 0 radical (unpaired) electrons. The highest BCUT2D eigenvalue weighted by Crippen LogP contribution is 2.34. The zero-order valence-corrected chi connectivity index (χ0v) is 23.9. The van der Waals surface area contributed by atoms with Gasteiger partial charge in [-0.15, -0.1) is 0 Å². The van der Waals surface area contributed by atoms with E-state index < -0.39 is 17.9 Å². The van der Waals surface area contributed by atoms with Crippen molar-refractivity contribution >= 4 is 28.6 Å². The van der Waals surface area contributed by atoms with Crippen molar-refractivity contribution in [2.75, 3.05) is 20.1 Å². The van der Waals surface area contributed by atoms with Gasteiger partial charge < -0.3 is 15.3 Å². The van der Waals surface area contributed by atoms with Gasteiger partial charge in [-0.05, 0) is 39.6 Å². The van der Waals surface area contributed by atoms with Gasteiger partial charge >= 0.3 is 6.03 Å². The van der Waals surface area contributed by atoms with E-state index in [0.717, 1.165) is 27.5 Å². The van der Waals surface area contributed by atoms with Gasteiger partial charge in [-0.3, -0.25) is 20.2 Å². The van der Waals surface area contributed by atoms with Gasteiger partial charge in [-0.1, -0.05) is 84.9 Å². The summed E-state index contributed by atoms with van der Waals surface area (Å²) in [6.45, 7) is 0.302. The molecule has 0 aliphatic carbocycles.